The van der Waals surface area contributed by atoms with Gasteiger partial charge in [0.2, 0.25) is 0 Å². The molecule has 0 saturated carbocycles. The molecule has 242 valence electrons. The summed E-state index contributed by atoms with van der Waals surface area (Å²) in [7, 11) is 1.63. The Morgan fingerprint density at radius 2 is 1.80 bits per heavy atom. The van der Waals surface area contributed by atoms with E-state index in [9.17, 15) is 27.9 Å². The Kier molecular flexibility index (Phi) is 8.69. The minimum Gasteiger partial charge on any atom is -0.449 e. The van der Waals surface area contributed by atoms with E-state index in [-0.39, 0.29) is 24.6 Å². The molecule has 1 N–H and O–H groups in total. The minimum absolute atomic E-state index is 0.0758. The molecule has 3 aliphatic rings. The van der Waals surface area contributed by atoms with E-state index in [0.29, 0.717) is 49.3 Å². The van der Waals surface area contributed by atoms with Crippen LogP contribution in [0.1, 0.15) is 72.2 Å². The zero-order valence-electron chi connectivity index (χ0n) is 26.0. The van der Waals surface area contributed by atoms with Crippen LogP contribution in [0.4, 0.5) is 28.2 Å². The molecule has 1 aromatic carbocycles. The quantitative estimate of drug-likeness (QED) is 0.229. The molecular formula is C32H38F4N5O4+. The smallest absolute Gasteiger partial charge is 0.449 e. The number of carbonyl (C=O) groups is 2. The fraction of sp³-hybridized carbons (Fsp3) is 0.500. The number of carboxylic acid groups (broad SMARTS) is 1. The van der Waals surface area contributed by atoms with Crippen LogP contribution in [-0.2, 0) is 11.2 Å². The van der Waals surface area contributed by atoms with Crippen LogP contribution in [-0.4, -0.2) is 81.5 Å². The normalized spacial score (nSPS) is 22.2. The molecule has 0 radical (unpaired) electrons. The van der Waals surface area contributed by atoms with Gasteiger partial charge in [-0.25, -0.2) is 19.2 Å². The van der Waals surface area contributed by atoms with Gasteiger partial charge in [-0.2, -0.15) is 13.2 Å². The predicted molar refractivity (Wildman–Crippen MR) is 158 cm³/mol. The fourth-order valence-corrected chi connectivity index (χ4v) is 7.32. The predicted octanol–water partition coefficient (Wildman–Crippen LogP) is 6.22. The molecule has 5 rings (SSSR count). The number of halogens is 4. The molecule has 2 aromatic rings. The Labute approximate surface area is 259 Å². The van der Waals surface area contributed by atoms with E-state index in [0.717, 1.165) is 17.6 Å². The Balaban J connectivity index is 1.45. The second-order valence-corrected chi connectivity index (χ2v) is 12.3. The minimum atomic E-state index is -4.92. The van der Waals surface area contributed by atoms with Gasteiger partial charge in [-0.3, -0.25) is 9.28 Å². The highest BCUT2D eigenvalue weighted by atomic mass is 19.4. The van der Waals surface area contributed by atoms with E-state index in [4.69, 9.17) is 0 Å². The van der Waals surface area contributed by atoms with E-state index in [1.54, 1.807) is 20.9 Å². The Morgan fingerprint density at radius 3 is 2.40 bits per heavy atom. The first-order chi connectivity index (χ1) is 21.1. The van der Waals surface area contributed by atoms with Gasteiger partial charge in [0.1, 0.15) is 30.0 Å². The lowest BCUT2D eigenvalue weighted by molar-refractivity contribution is -0.945. The third kappa shape index (κ3) is 6.01. The van der Waals surface area contributed by atoms with Gasteiger partial charge in [-0.15, -0.1) is 0 Å². The first-order valence-corrected chi connectivity index (χ1v) is 15.1. The summed E-state index contributed by atoms with van der Waals surface area (Å²) in [6, 6.07) is 2.96. The average Bonchev–Trinajstić information content (AvgIpc) is 3.37. The first-order valence-electron chi connectivity index (χ1n) is 15.1. The lowest BCUT2D eigenvalue weighted by atomic mass is 9.94. The van der Waals surface area contributed by atoms with Crippen LogP contribution >= 0.6 is 0 Å². The molecular weight excluding hydrogens is 594 g/mol. The number of anilines is 1. The highest BCUT2D eigenvalue weighted by Gasteiger charge is 2.59. The SMILES string of the molecule is Cc1cc(N2CCC(N(C)C(=O)c3cc4c(cc3F)CC[C@H]4[N+]3(C(C)C)CC=CC(OC(=O)O)=C3C(F)(F)F)CC2)nc(C)n1. The van der Waals surface area contributed by atoms with Crippen molar-refractivity contribution in [2.75, 3.05) is 31.6 Å². The lowest BCUT2D eigenvalue weighted by Gasteiger charge is -2.49. The van der Waals surface area contributed by atoms with Crippen LogP contribution < -0.4 is 4.90 Å². The van der Waals surface area contributed by atoms with E-state index < -0.39 is 52.1 Å². The van der Waals surface area contributed by atoms with Crippen LogP contribution in [0.2, 0.25) is 0 Å². The number of alkyl halides is 3. The number of fused-ring (bicyclic) bond motifs is 1. The number of aryl methyl sites for hydroxylation is 3. The van der Waals surface area contributed by atoms with Gasteiger partial charge in [0.25, 0.3) is 11.6 Å². The maximum Gasteiger partial charge on any atom is 0.511 e. The van der Waals surface area contributed by atoms with Gasteiger partial charge in [0, 0.05) is 49.9 Å². The van der Waals surface area contributed by atoms with Crippen molar-refractivity contribution in [1.29, 1.82) is 0 Å². The van der Waals surface area contributed by atoms with Crippen molar-refractivity contribution in [2.45, 2.75) is 77.7 Å². The van der Waals surface area contributed by atoms with Crippen LogP contribution in [0.3, 0.4) is 0 Å². The van der Waals surface area contributed by atoms with Crippen molar-refractivity contribution in [1.82, 2.24) is 14.9 Å². The first kappa shape index (κ1) is 32.4. The molecule has 0 spiro atoms. The molecule has 45 heavy (non-hydrogen) atoms. The second kappa shape index (κ2) is 12.1. The van der Waals surface area contributed by atoms with Gasteiger partial charge in [0.05, 0.1) is 11.6 Å². The summed E-state index contributed by atoms with van der Waals surface area (Å²) in [5.74, 6) is -0.534. The number of hydrogen-bond donors (Lipinski definition) is 1. The van der Waals surface area contributed by atoms with E-state index >= 15 is 4.39 Å². The highest BCUT2D eigenvalue weighted by molar-refractivity contribution is 5.95. The zero-order valence-corrected chi connectivity index (χ0v) is 26.0. The Morgan fingerprint density at radius 1 is 1.11 bits per heavy atom. The number of amides is 1. The van der Waals surface area contributed by atoms with Crippen molar-refractivity contribution in [3.8, 4) is 0 Å². The van der Waals surface area contributed by atoms with Gasteiger partial charge in [-0.1, -0.05) is 0 Å². The number of allylic oxidation sites excluding steroid dienone is 2. The third-order valence-corrected chi connectivity index (χ3v) is 9.38. The molecule has 1 amide bonds. The van der Waals surface area contributed by atoms with Gasteiger partial charge in [-0.05, 0) is 76.8 Å². The topological polar surface area (TPSA) is 95.9 Å². The monoisotopic (exact) mass is 632 g/mol. The molecule has 1 aliphatic carbocycles. The number of quaternary nitrogens is 1. The number of aromatic nitrogens is 2. The fourth-order valence-electron chi connectivity index (χ4n) is 7.32. The molecule has 0 bridgehead atoms. The third-order valence-electron chi connectivity index (χ3n) is 9.38. The molecule has 1 aromatic heterocycles. The van der Waals surface area contributed by atoms with Gasteiger partial charge in [0.15, 0.2) is 5.76 Å². The summed E-state index contributed by atoms with van der Waals surface area (Å²) in [4.78, 5) is 37.6. The average molecular weight is 633 g/mol. The maximum atomic E-state index is 15.5. The summed E-state index contributed by atoms with van der Waals surface area (Å²) in [6.07, 6.45) is -2.41. The van der Waals surface area contributed by atoms with Crippen LogP contribution in [0.5, 0.6) is 0 Å². The van der Waals surface area contributed by atoms with E-state index in [1.165, 1.54) is 23.1 Å². The maximum absolute atomic E-state index is 15.5. The van der Waals surface area contributed by atoms with Gasteiger partial charge < -0.3 is 19.6 Å². The number of ether oxygens (including phenoxy) is 1. The molecule has 3 heterocycles. The molecule has 13 heteroatoms. The summed E-state index contributed by atoms with van der Waals surface area (Å²) in [5.41, 5.74) is 0.563. The van der Waals surface area contributed by atoms with E-state index in [2.05, 4.69) is 19.6 Å². The standard InChI is InChI=1S/C32H37F4N5O4/c1-18(2)41(14-6-7-27(45-31(43)44)29(41)32(34,35)36)26-9-8-21-16-25(33)24(17-23(21)26)30(42)39(5)22-10-12-40(13-11-22)28-15-19(3)37-20(4)38-28/h6-7,15-18,22,26H,8-14H2,1-5H3/p+1/t26-,41?/m1/s1. The lowest BCUT2D eigenvalue weighted by Crippen LogP contribution is -2.58. The largest absolute Gasteiger partial charge is 0.511 e. The zero-order chi connectivity index (χ0) is 32.8. The summed E-state index contributed by atoms with van der Waals surface area (Å²) >= 11 is 0. The number of hydrogen-bond acceptors (Lipinski definition) is 6. The number of benzene rings is 1. The van der Waals surface area contributed by atoms with Crippen molar-refractivity contribution in [3.05, 3.63) is 75.8 Å². The van der Waals surface area contributed by atoms with Gasteiger partial charge >= 0.3 is 12.3 Å². The summed E-state index contributed by atoms with van der Waals surface area (Å²) < 4.78 is 63.8. The Bertz CT molecular complexity index is 1550. The number of piperidine rings is 1. The van der Waals surface area contributed by atoms with Crippen LogP contribution in [0.25, 0.3) is 0 Å². The molecule has 2 atom stereocenters. The molecule has 2 aliphatic heterocycles. The second-order valence-electron chi connectivity index (χ2n) is 12.3. The van der Waals surface area contributed by atoms with Crippen LogP contribution in [0.15, 0.2) is 41.8 Å². The molecule has 1 fully saturated rings. The summed E-state index contributed by atoms with van der Waals surface area (Å²) in [6.45, 7) is 8.23. The molecule has 9 nitrogen and oxygen atoms in total. The highest BCUT2D eigenvalue weighted by Crippen LogP contribution is 2.52. The Hall–Kier alpha value is -4.00. The van der Waals surface area contributed by atoms with Crippen molar-refractivity contribution >= 4 is 17.9 Å². The molecule has 1 unspecified atom stereocenters. The number of rotatable bonds is 6. The van der Waals surface area contributed by atoms with Crippen molar-refractivity contribution < 1.29 is 41.5 Å². The van der Waals surface area contributed by atoms with E-state index in [1.807, 2.05) is 19.9 Å². The summed E-state index contributed by atoms with van der Waals surface area (Å²) in [5, 5.41) is 9.21. The number of nitrogens with zero attached hydrogens (tertiary/aromatic N) is 5. The van der Waals surface area contributed by atoms with Crippen molar-refractivity contribution in [2.24, 2.45) is 0 Å². The number of carbonyl (C=O) groups excluding carboxylic acids is 1. The van der Waals surface area contributed by atoms with Crippen molar-refractivity contribution in [3.63, 3.8) is 0 Å². The van der Waals surface area contributed by atoms with Crippen LogP contribution in [0, 0.1) is 19.7 Å². The molecule has 1 saturated heterocycles.